The van der Waals surface area contributed by atoms with Crippen molar-refractivity contribution >= 4 is 33.6 Å². The van der Waals surface area contributed by atoms with Crippen LogP contribution in [-0.4, -0.2) is 111 Å². The van der Waals surface area contributed by atoms with E-state index >= 15 is 0 Å². The van der Waals surface area contributed by atoms with Crippen molar-refractivity contribution in [2.24, 2.45) is 0 Å². The van der Waals surface area contributed by atoms with E-state index in [1.165, 1.54) is 33.0 Å². The highest BCUT2D eigenvalue weighted by Crippen LogP contribution is 2.42. The van der Waals surface area contributed by atoms with Gasteiger partial charge in [-0.3, -0.25) is 9.59 Å². The lowest BCUT2D eigenvalue weighted by atomic mass is 9.87. The van der Waals surface area contributed by atoms with E-state index in [1.807, 2.05) is 43.0 Å². The number of methoxy groups -OCH3 is 4. The van der Waals surface area contributed by atoms with Crippen LogP contribution < -0.4 is 18.9 Å². The lowest BCUT2D eigenvalue weighted by molar-refractivity contribution is -0.138. The monoisotopic (exact) mass is 915 g/mol. The zero-order chi connectivity index (χ0) is 47.9. The summed E-state index contributed by atoms with van der Waals surface area (Å²) in [4.78, 5) is 35.2. The summed E-state index contributed by atoms with van der Waals surface area (Å²) in [5.41, 5.74) is 11.9. The molecular formula is C55H70N4O8. The summed E-state index contributed by atoms with van der Waals surface area (Å²) in [5.74, 6) is 4.35. The molecule has 3 N–H and O–H groups in total. The van der Waals surface area contributed by atoms with Crippen molar-refractivity contribution in [1.29, 1.82) is 0 Å². The Bertz CT molecular complexity index is 2650. The fourth-order valence-corrected chi connectivity index (χ4v) is 9.96. The predicted octanol–water partition coefficient (Wildman–Crippen LogP) is 10.8. The number of nitrogens with one attached hydrogen (secondary N) is 2. The van der Waals surface area contributed by atoms with Crippen LogP contribution in [-0.2, 0) is 14.3 Å². The van der Waals surface area contributed by atoms with E-state index < -0.39 is 6.61 Å². The molecule has 0 unspecified atom stereocenters. The first-order valence-electron chi connectivity index (χ1n) is 23.8. The number of aliphatic hydroxyl groups is 1. The van der Waals surface area contributed by atoms with Crippen molar-refractivity contribution in [1.82, 2.24) is 19.8 Å². The second-order valence-corrected chi connectivity index (χ2v) is 18.7. The molecular weight excluding hydrogens is 845 g/mol. The maximum absolute atomic E-state index is 12.4. The van der Waals surface area contributed by atoms with Crippen molar-refractivity contribution in [3.8, 4) is 45.5 Å². The van der Waals surface area contributed by atoms with Crippen LogP contribution in [0.25, 0.3) is 44.3 Å². The van der Waals surface area contributed by atoms with E-state index in [0.29, 0.717) is 48.3 Å². The summed E-state index contributed by atoms with van der Waals surface area (Å²) in [6, 6.07) is 25.6. The number of rotatable bonds is 14. The highest BCUT2D eigenvalue weighted by atomic mass is 16.5. The molecule has 0 saturated carbocycles. The summed E-state index contributed by atoms with van der Waals surface area (Å²) < 4.78 is 27.4. The molecule has 67 heavy (non-hydrogen) atoms. The number of aliphatic hydroxyl groups excluding tert-OH is 1. The number of amides is 2. The van der Waals surface area contributed by atoms with E-state index in [-0.39, 0.29) is 24.5 Å². The van der Waals surface area contributed by atoms with Crippen LogP contribution in [0.2, 0.25) is 0 Å². The zero-order valence-corrected chi connectivity index (χ0v) is 41.1. The Balaban J connectivity index is 0.000000200. The highest BCUT2D eigenvalue weighted by molar-refractivity contribution is 5.93. The fraction of sp³-hybridized carbons (Fsp3) is 0.455. The molecule has 2 fully saturated rings. The first-order chi connectivity index (χ1) is 32.3. The number of H-pyrrole nitrogens is 2. The molecule has 6 aromatic rings. The van der Waals surface area contributed by atoms with Crippen LogP contribution in [0.3, 0.4) is 0 Å². The van der Waals surface area contributed by atoms with Gasteiger partial charge in [-0.15, -0.1) is 0 Å². The van der Waals surface area contributed by atoms with Gasteiger partial charge < -0.3 is 48.6 Å². The standard InChI is InChI=1S/C29H38N2O4.C26H32N2O4/c1-18(2)28-23-15-21(20-11-13-31(14-12-20)27(32)17-35-19(3)4)7-9-24(23)30-29(28)22-8-10-25(33-5)26(16-22)34-6;1-16(2)25-20-13-18(17-9-11-28(12-10-17)24(30)15-29)5-7-21(20)27-26(25)19-6-8-22(31-3)23(14-19)32-4/h7-10,15-16,18-20,30H,11-14,17H2,1-6H3;5-8,13-14,16-17,27,29H,9-12,15H2,1-4H3. The maximum atomic E-state index is 12.4. The predicted molar refractivity (Wildman–Crippen MR) is 267 cm³/mol. The molecule has 0 atom stereocenters. The number of aromatic amines is 2. The van der Waals surface area contributed by atoms with Gasteiger partial charge in [-0.05, 0) is 146 Å². The van der Waals surface area contributed by atoms with Crippen LogP contribution in [0.1, 0.15) is 113 Å². The molecule has 2 aliphatic rings. The number of piperidine rings is 2. The Morgan fingerprint density at radius 2 is 0.970 bits per heavy atom. The molecule has 2 amide bonds. The molecule has 0 aliphatic carbocycles. The van der Waals surface area contributed by atoms with Gasteiger partial charge in [0.15, 0.2) is 23.0 Å². The van der Waals surface area contributed by atoms with Gasteiger partial charge in [0.1, 0.15) is 13.2 Å². The molecule has 0 radical (unpaired) electrons. The summed E-state index contributed by atoms with van der Waals surface area (Å²) in [6.45, 7) is 15.6. The summed E-state index contributed by atoms with van der Waals surface area (Å²) in [7, 11) is 6.62. The molecule has 2 aromatic heterocycles. The van der Waals surface area contributed by atoms with Gasteiger partial charge in [0.05, 0.1) is 45.9 Å². The van der Waals surface area contributed by atoms with E-state index in [9.17, 15) is 9.59 Å². The summed E-state index contributed by atoms with van der Waals surface area (Å²) in [6.07, 6.45) is 3.86. The smallest absolute Gasteiger partial charge is 0.248 e. The lowest BCUT2D eigenvalue weighted by Crippen LogP contribution is -2.40. The van der Waals surface area contributed by atoms with Gasteiger partial charge >= 0.3 is 0 Å². The third-order valence-corrected chi connectivity index (χ3v) is 13.5. The maximum Gasteiger partial charge on any atom is 0.248 e. The number of aromatic nitrogens is 2. The van der Waals surface area contributed by atoms with Crippen molar-refractivity contribution in [2.45, 2.75) is 97.0 Å². The second-order valence-electron chi connectivity index (χ2n) is 18.7. The van der Waals surface area contributed by atoms with Crippen molar-refractivity contribution in [2.75, 3.05) is 67.8 Å². The molecule has 12 nitrogen and oxygen atoms in total. The van der Waals surface area contributed by atoms with Gasteiger partial charge in [-0.25, -0.2) is 0 Å². The normalized spacial score (nSPS) is 14.8. The summed E-state index contributed by atoms with van der Waals surface area (Å²) >= 11 is 0. The van der Waals surface area contributed by atoms with Crippen molar-refractivity contribution in [3.05, 3.63) is 95.1 Å². The van der Waals surface area contributed by atoms with E-state index in [2.05, 4.69) is 86.2 Å². The minimum atomic E-state index is -0.406. The number of nitrogens with zero attached hydrogens (tertiary/aromatic N) is 2. The van der Waals surface area contributed by atoms with Crippen molar-refractivity contribution in [3.63, 3.8) is 0 Å². The fourth-order valence-electron chi connectivity index (χ4n) is 9.96. The minimum absolute atomic E-state index is 0.0728. The van der Waals surface area contributed by atoms with Crippen LogP contribution in [0.4, 0.5) is 0 Å². The van der Waals surface area contributed by atoms with Crippen LogP contribution in [0.5, 0.6) is 23.0 Å². The summed E-state index contributed by atoms with van der Waals surface area (Å²) in [5, 5.41) is 11.6. The molecule has 12 heteroatoms. The molecule has 4 aromatic carbocycles. The Kier molecular flexibility index (Phi) is 15.9. The molecule has 0 bridgehead atoms. The molecule has 0 spiro atoms. The van der Waals surface area contributed by atoms with E-state index in [0.717, 1.165) is 83.8 Å². The number of hydrogen-bond donors (Lipinski definition) is 3. The van der Waals surface area contributed by atoms with Crippen LogP contribution in [0, 0.1) is 0 Å². The molecule has 2 saturated heterocycles. The number of hydrogen-bond acceptors (Lipinski definition) is 8. The topological polar surface area (TPSA) is 139 Å². The third-order valence-electron chi connectivity index (χ3n) is 13.5. The Labute approximate surface area is 395 Å². The van der Waals surface area contributed by atoms with Gasteiger partial charge in [-0.1, -0.05) is 39.8 Å². The molecule has 2 aliphatic heterocycles. The molecule has 358 valence electrons. The second kappa shape index (κ2) is 21.8. The number of carbonyl (C=O) groups excluding carboxylic acids is 2. The zero-order valence-electron chi connectivity index (χ0n) is 41.1. The number of carbonyl (C=O) groups is 2. The Morgan fingerprint density at radius 3 is 1.33 bits per heavy atom. The number of likely N-dealkylation sites (tertiary alicyclic amines) is 2. The minimum Gasteiger partial charge on any atom is -0.493 e. The van der Waals surface area contributed by atoms with Crippen LogP contribution >= 0.6 is 0 Å². The van der Waals surface area contributed by atoms with Gasteiger partial charge in [0, 0.05) is 59.1 Å². The number of ether oxygens (including phenoxy) is 5. The van der Waals surface area contributed by atoms with E-state index in [1.54, 1.807) is 33.3 Å². The van der Waals surface area contributed by atoms with E-state index in [4.69, 9.17) is 28.8 Å². The SMILES string of the molecule is COc1ccc(-c2[nH]c3ccc(C4CCN(C(=O)CO)CC4)cc3c2C(C)C)cc1OC.COc1ccc(-c2[nH]c3ccc(C4CCN(C(=O)COC(C)C)CC4)cc3c2C(C)C)cc1OC. The van der Waals surface area contributed by atoms with Gasteiger partial charge in [-0.2, -0.15) is 0 Å². The van der Waals surface area contributed by atoms with Crippen LogP contribution in [0.15, 0.2) is 72.8 Å². The average Bonchev–Trinajstić information content (AvgIpc) is 3.94. The quantitative estimate of drug-likeness (QED) is 0.0982. The van der Waals surface area contributed by atoms with Gasteiger partial charge in [0.25, 0.3) is 0 Å². The molecule has 8 rings (SSSR count). The highest BCUT2D eigenvalue weighted by Gasteiger charge is 2.27. The van der Waals surface area contributed by atoms with Gasteiger partial charge in [0.2, 0.25) is 11.8 Å². The first-order valence-corrected chi connectivity index (χ1v) is 23.8. The number of fused-ring (bicyclic) bond motifs is 2. The Hall–Kier alpha value is -5.98. The average molecular weight is 915 g/mol. The number of benzene rings is 4. The third kappa shape index (κ3) is 10.8. The first kappa shape index (κ1) is 48.9. The molecule has 4 heterocycles. The largest absolute Gasteiger partial charge is 0.493 e. The Morgan fingerprint density at radius 1 is 0.567 bits per heavy atom. The lowest BCUT2D eigenvalue weighted by Gasteiger charge is -2.32. The van der Waals surface area contributed by atoms with Crippen molar-refractivity contribution < 1.29 is 38.4 Å².